The van der Waals surface area contributed by atoms with Crippen molar-refractivity contribution in [1.29, 1.82) is 0 Å². The fourth-order valence-corrected chi connectivity index (χ4v) is 4.45. The Morgan fingerprint density at radius 1 is 1.17 bits per heavy atom. The maximum atomic E-state index is 12.9. The number of aryl methyl sites for hydroxylation is 1. The molecule has 0 saturated carbocycles. The molecule has 160 valence electrons. The first kappa shape index (κ1) is 21.6. The molecule has 0 radical (unpaired) electrons. The van der Waals surface area contributed by atoms with E-state index < -0.39 is 11.9 Å². The minimum Gasteiger partial charge on any atom is -0.497 e. The molecule has 2 aromatic rings. The monoisotopic (exact) mass is 432 g/mol. The SMILES string of the molecule is COC(=O)c1c(NC(=O)[C@H]2CC(=O)N(c3ccc(OC)cc3OC)C2)sc(C)c1C. The molecular formula is C21H24N2O6S. The molecule has 1 aliphatic rings. The molecular weight excluding hydrogens is 408 g/mol. The second-order valence-electron chi connectivity index (χ2n) is 6.91. The Hall–Kier alpha value is -3.07. The number of carbonyl (C=O) groups excluding carboxylic acids is 3. The topological polar surface area (TPSA) is 94.2 Å². The van der Waals surface area contributed by atoms with Gasteiger partial charge in [-0.2, -0.15) is 0 Å². The molecule has 1 N–H and O–H groups in total. The number of nitrogens with zero attached hydrogens (tertiary/aromatic N) is 1. The zero-order valence-electron chi connectivity index (χ0n) is 17.5. The molecule has 1 aliphatic heterocycles. The fraction of sp³-hybridized carbons (Fsp3) is 0.381. The van der Waals surface area contributed by atoms with E-state index in [4.69, 9.17) is 14.2 Å². The van der Waals surface area contributed by atoms with E-state index in [0.717, 1.165) is 10.4 Å². The summed E-state index contributed by atoms with van der Waals surface area (Å²) in [6, 6.07) is 5.16. The Kier molecular flexibility index (Phi) is 6.31. The lowest BCUT2D eigenvalue weighted by Crippen LogP contribution is -2.28. The summed E-state index contributed by atoms with van der Waals surface area (Å²) in [5.41, 5.74) is 1.71. The highest BCUT2D eigenvalue weighted by Crippen LogP contribution is 2.37. The van der Waals surface area contributed by atoms with Crippen LogP contribution >= 0.6 is 11.3 Å². The molecule has 1 atom stereocenters. The summed E-state index contributed by atoms with van der Waals surface area (Å²) in [7, 11) is 4.36. The second kappa shape index (κ2) is 8.74. The van der Waals surface area contributed by atoms with Gasteiger partial charge in [0.25, 0.3) is 0 Å². The lowest BCUT2D eigenvalue weighted by Gasteiger charge is -2.20. The van der Waals surface area contributed by atoms with Gasteiger partial charge in [-0.3, -0.25) is 9.59 Å². The first-order valence-electron chi connectivity index (χ1n) is 9.32. The van der Waals surface area contributed by atoms with Gasteiger partial charge in [-0.1, -0.05) is 0 Å². The summed E-state index contributed by atoms with van der Waals surface area (Å²) in [6.45, 7) is 3.90. The third kappa shape index (κ3) is 3.97. The number of esters is 1. The normalized spacial score (nSPS) is 15.8. The standard InChI is InChI=1S/C21H24N2O6S/c1-11-12(2)30-20(18(11)21(26)29-5)22-19(25)13-8-17(24)23(10-13)15-7-6-14(27-3)9-16(15)28-4/h6-7,9,13H,8,10H2,1-5H3,(H,22,25)/t13-/m0/s1. The number of hydrogen-bond acceptors (Lipinski definition) is 7. The third-order valence-electron chi connectivity index (χ3n) is 5.19. The number of methoxy groups -OCH3 is 3. The minimum absolute atomic E-state index is 0.0674. The van der Waals surface area contributed by atoms with Crippen molar-refractivity contribution in [1.82, 2.24) is 0 Å². The van der Waals surface area contributed by atoms with Crippen molar-refractivity contribution in [2.24, 2.45) is 5.92 Å². The van der Waals surface area contributed by atoms with Crippen molar-refractivity contribution in [3.05, 3.63) is 34.2 Å². The van der Waals surface area contributed by atoms with Crippen molar-refractivity contribution >= 4 is 39.8 Å². The highest BCUT2D eigenvalue weighted by Gasteiger charge is 2.37. The summed E-state index contributed by atoms with van der Waals surface area (Å²) in [5, 5.41) is 3.26. The number of rotatable bonds is 6. The molecule has 1 fully saturated rings. The largest absolute Gasteiger partial charge is 0.497 e. The summed E-state index contributed by atoms with van der Waals surface area (Å²) in [5.74, 6) is -0.455. The van der Waals surface area contributed by atoms with Crippen LogP contribution in [0.2, 0.25) is 0 Å². The zero-order chi connectivity index (χ0) is 22.0. The average Bonchev–Trinajstić information content (AvgIpc) is 3.26. The first-order chi connectivity index (χ1) is 14.3. The first-order valence-corrected chi connectivity index (χ1v) is 10.1. The van der Waals surface area contributed by atoms with Gasteiger partial charge in [0.05, 0.1) is 38.5 Å². The van der Waals surface area contributed by atoms with E-state index in [-0.39, 0.29) is 24.8 Å². The zero-order valence-corrected chi connectivity index (χ0v) is 18.3. The summed E-state index contributed by atoms with van der Waals surface area (Å²) in [6.07, 6.45) is 0.0674. The molecule has 1 saturated heterocycles. The van der Waals surface area contributed by atoms with Crippen LogP contribution in [-0.4, -0.2) is 45.7 Å². The van der Waals surface area contributed by atoms with Crippen LogP contribution < -0.4 is 19.7 Å². The molecule has 1 aromatic carbocycles. The van der Waals surface area contributed by atoms with Gasteiger partial charge in [0.1, 0.15) is 16.5 Å². The van der Waals surface area contributed by atoms with Gasteiger partial charge in [-0.05, 0) is 31.5 Å². The van der Waals surface area contributed by atoms with Crippen molar-refractivity contribution in [3.63, 3.8) is 0 Å². The van der Waals surface area contributed by atoms with Crippen LogP contribution in [0.4, 0.5) is 10.7 Å². The van der Waals surface area contributed by atoms with Crippen LogP contribution in [0.25, 0.3) is 0 Å². The van der Waals surface area contributed by atoms with Crippen LogP contribution in [0.1, 0.15) is 27.2 Å². The van der Waals surface area contributed by atoms with Crippen molar-refractivity contribution in [2.45, 2.75) is 20.3 Å². The predicted molar refractivity (Wildman–Crippen MR) is 114 cm³/mol. The minimum atomic E-state index is -0.558. The van der Waals surface area contributed by atoms with Gasteiger partial charge in [-0.25, -0.2) is 4.79 Å². The quantitative estimate of drug-likeness (QED) is 0.705. The number of benzene rings is 1. The van der Waals surface area contributed by atoms with Crippen LogP contribution in [-0.2, 0) is 14.3 Å². The van der Waals surface area contributed by atoms with Crippen LogP contribution in [0.15, 0.2) is 18.2 Å². The van der Waals surface area contributed by atoms with E-state index in [1.165, 1.54) is 30.5 Å². The van der Waals surface area contributed by atoms with E-state index in [2.05, 4.69) is 5.32 Å². The Bertz CT molecular complexity index is 1000. The highest BCUT2D eigenvalue weighted by atomic mass is 32.1. The molecule has 0 spiro atoms. The maximum absolute atomic E-state index is 12.9. The molecule has 2 amide bonds. The van der Waals surface area contributed by atoms with E-state index in [1.807, 2.05) is 13.8 Å². The fourth-order valence-electron chi connectivity index (χ4n) is 3.40. The molecule has 9 heteroatoms. The van der Waals surface area contributed by atoms with Gasteiger partial charge >= 0.3 is 5.97 Å². The van der Waals surface area contributed by atoms with Crippen LogP contribution in [0.3, 0.4) is 0 Å². The molecule has 2 heterocycles. The van der Waals surface area contributed by atoms with E-state index in [1.54, 1.807) is 25.3 Å². The van der Waals surface area contributed by atoms with E-state index in [9.17, 15) is 14.4 Å². The lowest BCUT2D eigenvalue weighted by molar-refractivity contribution is -0.122. The van der Waals surface area contributed by atoms with Gasteiger partial charge in [0.2, 0.25) is 11.8 Å². The number of thiophene rings is 1. The van der Waals surface area contributed by atoms with E-state index >= 15 is 0 Å². The summed E-state index contributed by atoms with van der Waals surface area (Å²) < 4.78 is 15.4. The Balaban J connectivity index is 1.80. The number of nitrogens with one attached hydrogen (secondary N) is 1. The molecule has 0 unspecified atom stereocenters. The number of ether oxygens (including phenoxy) is 3. The predicted octanol–water partition coefficient (Wildman–Crippen LogP) is 3.16. The van der Waals surface area contributed by atoms with Crippen LogP contribution in [0, 0.1) is 19.8 Å². The van der Waals surface area contributed by atoms with Gasteiger partial charge in [0.15, 0.2) is 0 Å². The van der Waals surface area contributed by atoms with Crippen LogP contribution in [0.5, 0.6) is 11.5 Å². The number of amides is 2. The van der Waals surface area contributed by atoms with Crippen molar-refractivity contribution in [3.8, 4) is 11.5 Å². The molecule has 0 bridgehead atoms. The number of hydrogen-bond donors (Lipinski definition) is 1. The second-order valence-corrected chi connectivity index (χ2v) is 8.14. The number of carbonyl (C=O) groups is 3. The Morgan fingerprint density at radius 3 is 2.53 bits per heavy atom. The van der Waals surface area contributed by atoms with Crippen molar-refractivity contribution in [2.75, 3.05) is 38.1 Å². The average molecular weight is 432 g/mol. The summed E-state index contributed by atoms with van der Waals surface area (Å²) >= 11 is 1.31. The number of anilines is 2. The molecule has 3 rings (SSSR count). The Morgan fingerprint density at radius 2 is 1.90 bits per heavy atom. The maximum Gasteiger partial charge on any atom is 0.341 e. The van der Waals surface area contributed by atoms with Gasteiger partial charge in [-0.15, -0.1) is 11.3 Å². The molecule has 0 aliphatic carbocycles. The van der Waals surface area contributed by atoms with Crippen molar-refractivity contribution < 1.29 is 28.6 Å². The van der Waals surface area contributed by atoms with Gasteiger partial charge in [0, 0.05) is 23.9 Å². The van der Waals surface area contributed by atoms with Gasteiger partial charge < -0.3 is 24.4 Å². The lowest BCUT2D eigenvalue weighted by atomic mass is 10.1. The third-order valence-corrected chi connectivity index (χ3v) is 6.31. The summed E-state index contributed by atoms with van der Waals surface area (Å²) in [4.78, 5) is 40.1. The molecule has 8 nitrogen and oxygen atoms in total. The molecule has 30 heavy (non-hydrogen) atoms. The Labute approximate surface area is 178 Å². The molecule has 1 aromatic heterocycles. The van der Waals surface area contributed by atoms with E-state index in [0.29, 0.717) is 27.8 Å². The smallest absolute Gasteiger partial charge is 0.341 e. The highest BCUT2D eigenvalue weighted by molar-refractivity contribution is 7.16.